The van der Waals surface area contributed by atoms with Crippen LogP contribution in [0.1, 0.15) is 27.9 Å². The van der Waals surface area contributed by atoms with Crippen LogP contribution in [0.2, 0.25) is 0 Å². The van der Waals surface area contributed by atoms with Crippen LogP contribution in [0.5, 0.6) is 5.75 Å². The molecule has 0 amide bonds. The van der Waals surface area contributed by atoms with E-state index in [2.05, 4.69) is 37.9 Å². The molecule has 2 heteroatoms. The Morgan fingerprint density at radius 3 is 2.35 bits per heavy atom. The molecular weight excluding hydrogens is 246 g/mol. The molecule has 0 saturated carbocycles. The first kappa shape index (κ1) is 12.8. The second-order valence-corrected chi connectivity index (χ2v) is 5.50. The Morgan fingerprint density at radius 1 is 0.950 bits per heavy atom. The molecule has 3 aromatic rings. The molecule has 3 rings (SSSR count). The van der Waals surface area contributed by atoms with Crippen molar-refractivity contribution in [1.29, 1.82) is 0 Å². The Kier molecular flexibility index (Phi) is 3.01. The number of hydrogen-bond acceptors (Lipinski definition) is 1. The number of aromatic hydroxyl groups is 1. The van der Waals surface area contributed by atoms with Gasteiger partial charge in [-0.25, -0.2) is 0 Å². The standard InChI is InChI=1S/C18H19NO/c1-11-4-9-16-17(13(3)19-18(16)12(11)2)10-14-5-7-15(20)8-6-14/h4-9,19-20H,10H2,1-3H3. The van der Waals surface area contributed by atoms with Crippen LogP contribution in [0.4, 0.5) is 0 Å². The van der Waals surface area contributed by atoms with Gasteiger partial charge in [0.1, 0.15) is 5.75 Å². The van der Waals surface area contributed by atoms with Crippen molar-refractivity contribution in [3.63, 3.8) is 0 Å². The maximum absolute atomic E-state index is 9.37. The summed E-state index contributed by atoms with van der Waals surface area (Å²) < 4.78 is 0. The minimum atomic E-state index is 0.316. The summed E-state index contributed by atoms with van der Waals surface area (Å²) in [7, 11) is 0. The minimum absolute atomic E-state index is 0.316. The van der Waals surface area contributed by atoms with Crippen molar-refractivity contribution in [2.24, 2.45) is 0 Å². The average molecular weight is 265 g/mol. The van der Waals surface area contributed by atoms with E-state index < -0.39 is 0 Å². The van der Waals surface area contributed by atoms with Crippen LogP contribution in [0.3, 0.4) is 0 Å². The fourth-order valence-corrected chi connectivity index (χ4v) is 2.74. The van der Waals surface area contributed by atoms with E-state index in [4.69, 9.17) is 0 Å². The van der Waals surface area contributed by atoms with Gasteiger partial charge in [-0.3, -0.25) is 0 Å². The van der Waals surface area contributed by atoms with Crippen molar-refractivity contribution in [1.82, 2.24) is 4.98 Å². The second-order valence-electron chi connectivity index (χ2n) is 5.50. The Balaban J connectivity index is 2.09. The molecule has 1 heterocycles. The lowest BCUT2D eigenvalue weighted by molar-refractivity contribution is 0.475. The fraction of sp³-hybridized carbons (Fsp3) is 0.222. The molecule has 0 aliphatic rings. The van der Waals surface area contributed by atoms with E-state index in [1.807, 2.05) is 12.1 Å². The first-order chi connectivity index (χ1) is 9.56. The third-order valence-corrected chi connectivity index (χ3v) is 4.14. The third-order valence-electron chi connectivity index (χ3n) is 4.14. The van der Waals surface area contributed by atoms with E-state index in [1.165, 1.54) is 38.9 Å². The molecule has 0 unspecified atom stereocenters. The van der Waals surface area contributed by atoms with Gasteiger partial charge in [-0.15, -0.1) is 0 Å². The smallest absolute Gasteiger partial charge is 0.115 e. The number of fused-ring (bicyclic) bond motifs is 1. The van der Waals surface area contributed by atoms with E-state index in [1.54, 1.807) is 12.1 Å². The van der Waals surface area contributed by atoms with Gasteiger partial charge in [-0.05, 0) is 61.6 Å². The highest BCUT2D eigenvalue weighted by Gasteiger charge is 2.11. The molecule has 1 aromatic heterocycles. The number of H-pyrrole nitrogens is 1. The molecule has 20 heavy (non-hydrogen) atoms. The molecule has 0 aliphatic heterocycles. The SMILES string of the molecule is Cc1ccc2c(Cc3ccc(O)cc3)c(C)[nH]c2c1C. The zero-order valence-corrected chi connectivity index (χ0v) is 12.1. The lowest BCUT2D eigenvalue weighted by atomic mass is 9.99. The number of aryl methyl sites for hydroxylation is 3. The van der Waals surface area contributed by atoms with Crippen molar-refractivity contribution < 1.29 is 5.11 Å². The summed E-state index contributed by atoms with van der Waals surface area (Å²) >= 11 is 0. The van der Waals surface area contributed by atoms with E-state index in [-0.39, 0.29) is 0 Å². The molecule has 0 bridgehead atoms. The van der Waals surface area contributed by atoms with Gasteiger partial charge in [-0.1, -0.05) is 24.3 Å². The molecule has 0 aliphatic carbocycles. The van der Waals surface area contributed by atoms with Crippen molar-refractivity contribution in [3.05, 3.63) is 64.3 Å². The topological polar surface area (TPSA) is 36.0 Å². The predicted octanol–water partition coefficient (Wildman–Crippen LogP) is 4.39. The van der Waals surface area contributed by atoms with Crippen LogP contribution in [0.25, 0.3) is 10.9 Å². The third kappa shape index (κ3) is 2.07. The van der Waals surface area contributed by atoms with Gasteiger partial charge >= 0.3 is 0 Å². The monoisotopic (exact) mass is 265 g/mol. The summed E-state index contributed by atoms with van der Waals surface area (Å²) in [4.78, 5) is 3.52. The highest BCUT2D eigenvalue weighted by molar-refractivity contribution is 5.88. The van der Waals surface area contributed by atoms with Crippen molar-refractivity contribution >= 4 is 10.9 Å². The number of aromatic nitrogens is 1. The van der Waals surface area contributed by atoms with Crippen LogP contribution in [0.15, 0.2) is 36.4 Å². The van der Waals surface area contributed by atoms with Crippen molar-refractivity contribution in [3.8, 4) is 5.75 Å². The summed E-state index contributed by atoms with van der Waals surface area (Å²) in [5, 5.41) is 10.7. The highest BCUT2D eigenvalue weighted by atomic mass is 16.3. The Labute approximate surface area is 119 Å². The second kappa shape index (κ2) is 4.71. The largest absolute Gasteiger partial charge is 0.508 e. The van der Waals surface area contributed by atoms with Gasteiger partial charge in [0.2, 0.25) is 0 Å². The van der Waals surface area contributed by atoms with E-state index >= 15 is 0 Å². The molecule has 2 N–H and O–H groups in total. The Bertz CT molecular complexity index is 766. The number of rotatable bonds is 2. The van der Waals surface area contributed by atoms with Gasteiger partial charge in [0.25, 0.3) is 0 Å². The quantitative estimate of drug-likeness (QED) is 0.708. The van der Waals surface area contributed by atoms with Gasteiger partial charge in [0.15, 0.2) is 0 Å². The number of hydrogen-bond donors (Lipinski definition) is 2. The summed E-state index contributed by atoms with van der Waals surface area (Å²) in [5.41, 5.74) is 7.66. The van der Waals surface area contributed by atoms with Crippen LogP contribution in [-0.2, 0) is 6.42 Å². The van der Waals surface area contributed by atoms with Crippen LogP contribution in [-0.4, -0.2) is 10.1 Å². The van der Waals surface area contributed by atoms with E-state index in [9.17, 15) is 5.11 Å². The Morgan fingerprint density at radius 2 is 1.65 bits per heavy atom. The number of phenolic OH excluding ortho intramolecular Hbond substituents is 1. The first-order valence-corrected chi connectivity index (χ1v) is 6.91. The maximum atomic E-state index is 9.37. The van der Waals surface area contributed by atoms with E-state index in [0.717, 1.165) is 6.42 Å². The predicted molar refractivity (Wildman–Crippen MR) is 83.4 cm³/mol. The van der Waals surface area contributed by atoms with E-state index in [0.29, 0.717) is 5.75 Å². The molecule has 0 saturated heterocycles. The lowest BCUT2D eigenvalue weighted by Gasteiger charge is -2.04. The molecule has 0 fully saturated rings. The van der Waals surface area contributed by atoms with Crippen molar-refractivity contribution in [2.45, 2.75) is 27.2 Å². The molecule has 2 nitrogen and oxygen atoms in total. The zero-order valence-electron chi connectivity index (χ0n) is 12.1. The molecule has 2 aromatic carbocycles. The number of aromatic amines is 1. The van der Waals surface area contributed by atoms with Gasteiger partial charge in [0, 0.05) is 16.6 Å². The number of phenols is 1. The van der Waals surface area contributed by atoms with Crippen molar-refractivity contribution in [2.75, 3.05) is 0 Å². The van der Waals surface area contributed by atoms with Crippen LogP contribution >= 0.6 is 0 Å². The van der Waals surface area contributed by atoms with Gasteiger partial charge in [0.05, 0.1) is 0 Å². The summed E-state index contributed by atoms with van der Waals surface area (Å²) in [6.07, 6.45) is 0.884. The molecule has 0 spiro atoms. The summed E-state index contributed by atoms with van der Waals surface area (Å²) in [6.45, 7) is 6.44. The maximum Gasteiger partial charge on any atom is 0.115 e. The number of nitrogens with one attached hydrogen (secondary N) is 1. The van der Waals surface area contributed by atoms with Gasteiger partial charge in [-0.2, -0.15) is 0 Å². The zero-order chi connectivity index (χ0) is 14.3. The normalized spacial score (nSPS) is 11.2. The minimum Gasteiger partial charge on any atom is -0.508 e. The number of benzene rings is 2. The van der Waals surface area contributed by atoms with Crippen LogP contribution in [0, 0.1) is 20.8 Å². The molecule has 0 radical (unpaired) electrons. The highest BCUT2D eigenvalue weighted by Crippen LogP contribution is 2.28. The summed E-state index contributed by atoms with van der Waals surface area (Å²) in [5.74, 6) is 0.316. The summed E-state index contributed by atoms with van der Waals surface area (Å²) in [6, 6.07) is 11.8. The fourth-order valence-electron chi connectivity index (χ4n) is 2.74. The average Bonchev–Trinajstić information content (AvgIpc) is 2.74. The molecule has 0 atom stereocenters. The molecular formula is C18H19NO. The first-order valence-electron chi connectivity index (χ1n) is 6.91. The Hall–Kier alpha value is -2.22. The molecule has 102 valence electrons. The van der Waals surface area contributed by atoms with Crippen LogP contribution < -0.4 is 0 Å². The van der Waals surface area contributed by atoms with Gasteiger partial charge < -0.3 is 10.1 Å². The lowest BCUT2D eigenvalue weighted by Crippen LogP contribution is -1.89.